The average Bonchev–Trinajstić information content (AvgIpc) is 2.39. The molecule has 98 valence electrons. The standard InChI is InChI=1S/C12H18N4O2/c1-3-13-11-5-4-10(14-15-11)12(17)16-6-7-18-9(2)8-16/h4-5,9H,3,6-8H2,1-2H3,(H,13,15). The van der Waals surface area contributed by atoms with E-state index in [1.54, 1.807) is 17.0 Å². The van der Waals surface area contributed by atoms with Crippen molar-refractivity contribution >= 4 is 11.7 Å². The van der Waals surface area contributed by atoms with Gasteiger partial charge in [-0.2, -0.15) is 0 Å². The Morgan fingerprint density at radius 1 is 1.56 bits per heavy atom. The third kappa shape index (κ3) is 2.95. The number of hydrogen-bond donors (Lipinski definition) is 1. The highest BCUT2D eigenvalue weighted by Crippen LogP contribution is 2.09. The molecule has 0 aliphatic carbocycles. The molecule has 6 nitrogen and oxygen atoms in total. The van der Waals surface area contributed by atoms with Gasteiger partial charge in [0.15, 0.2) is 5.69 Å². The van der Waals surface area contributed by atoms with Crippen LogP contribution >= 0.6 is 0 Å². The van der Waals surface area contributed by atoms with E-state index >= 15 is 0 Å². The Balaban J connectivity index is 2.03. The quantitative estimate of drug-likeness (QED) is 0.858. The second kappa shape index (κ2) is 5.77. The van der Waals surface area contributed by atoms with E-state index in [2.05, 4.69) is 15.5 Å². The molecule has 0 radical (unpaired) electrons. The summed E-state index contributed by atoms with van der Waals surface area (Å²) in [5.41, 5.74) is 0.380. The number of rotatable bonds is 3. The van der Waals surface area contributed by atoms with E-state index in [-0.39, 0.29) is 12.0 Å². The van der Waals surface area contributed by atoms with E-state index in [1.165, 1.54) is 0 Å². The van der Waals surface area contributed by atoms with Gasteiger partial charge in [0.25, 0.3) is 5.91 Å². The van der Waals surface area contributed by atoms with Crippen LogP contribution in [0, 0.1) is 0 Å². The number of anilines is 1. The summed E-state index contributed by atoms with van der Waals surface area (Å²) in [6.45, 7) is 6.52. The van der Waals surface area contributed by atoms with Crippen LogP contribution in [0.1, 0.15) is 24.3 Å². The fourth-order valence-electron chi connectivity index (χ4n) is 1.89. The van der Waals surface area contributed by atoms with E-state index < -0.39 is 0 Å². The Morgan fingerprint density at radius 3 is 3.00 bits per heavy atom. The number of nitrogens with one attached hydrogen (secondary N) is 1. The lowest BCUT2D eigenvalue weighted by molar-refractivity contribution is -0.0126. The third-order valence-corrected chi connectivity index (χ3v) is 2.77. The second-order valence-corrected chi connectivity index (χ2v) is 4.27. The van der Waals surface area contributed by atoms with Gasteiger partial charge in [-0.05, 0) is 26.0 Å². The Kier molecular flexibility index (Phi) is 4.09. The highest BCUT2D eigenvalue weighted by Gasteiger charge is 2.23. The van der Waals surface area contributed by atoms with Crippen molar-refractivity contribution in [3.8, 4) is 0 Å². The molecule has 2 heterocycles. The maximum absolute atomic E-state index is 12.2. The molecule has 1 aliphatic rings. The Hall–Kier alpha value is -1.69. The second-order valence-electron chi connectivity index (χ2n) is 4.27. The summed E-state index contributed by atoms with van der Waals surface area (Å²) in [5, 5.41) is 11.0. The van der Waals surface area contributed by atoms with Crippen LogP contribution in [-0.2, 0) is 4.74 Å². The molecular weight excluding hydrogens is 232 g/mol. The third-order valence-electron chi connectivity index (χ3n) is 2.77. The SMILES string of the molecule is CCNc1ccc(C(=O)N2CCOC(C)C2)nn1. The van der Waals surface area contributed by atoms with Gasteiger partial charge in [0.1, 0.15) is 5.82 Å². The van der Waals surface area contributed by atoms with Crippen LogP contribution in [0.5, 0.6) is 0 Å². The van der Waals surface area contributed by atoms with Gasteiger partial charge < -0.3 is 15.0 Å². The lowest BCUT2D eigenvalue weighted by Gasteiger charge is -2.30. The molecule has 1 amide bonds. The van der Waals surface area contributed by atoms with Crippen LogP contribution in [0.25, 0.3) is 0 Å². The number of amides is 1. The van der Waals surface area contributed by atoms with Gasteiger partial charge in [0.05, 0.1) is 12.7 Å². The van der Waals surface area contributed by atoms with Crippen molar-refractivity contribution in [3.63, 3.8) is 0 Å². The van der Waals surface area contributed by atoms with Crippen molar-refractivity contribution in [2.45, 2.75) is 20.0 Å². The minimum atomic E-state index is -0.0827. The summed E-state index contributed by atoms with van der Waals surface area (Å²) in [6.07, 6.45) is 0.0803. The van der Waals surface area contributed by atoms with Crippen molar-refractivity contribution < 1.29 is 9.53 Å². The fraction of sp³-hybridized carbons (Fsp3) is 0.583. The highest BCUT2D eigenvalue weighted by atomic mass is 16.5. The zero-order valence-electron chi connectivity index (χ0n) is 10.7. The number of carbonyl (C=O) groups is 1. The normalized spacial score (nSPS) is 19.7. The molecule has 1 fully saturated rings. The van der Waals surface area contributed by atoms with Crippen LogP contribution in [0.2, 0.25) is 0 Å². The molecule has 1 aromatic heterocycles. The number of morpholine rings is 1. The van der Waals surface area contributed by atoms with Gasteiger partial charge >= 0.3 is 0 Å². The minimum Gasteiger partial charge on any atom is -0.375 e. The van der Waals surface area contributed by atoms with Gasteiger partial charge in [0.2, 0.25) is 0 Å². The van der Waals surface area contributed by atoms with E-state index in [0.29, 0.717) is 31.2 Å². The maximum Gasteiger partial charge on any atom is 0.274 e. The van der Waals surface area contributed by atoms with E-state index in [1.807, 2.05) is 13.8 Å². The zero-order valence-corrected chi connectivity index (χ0v) is 10.7. The van der Waals surface area contributed by atoms with Gasteiger partial charge in [-0.3, -0.25) is 4.79 Å². The van der Waals surface area contributed by atoms with Crippen LogP contribution < -0.4 is 5.32 Å². The molecular formula is C12H18N4O2. The van der Waals surface area contributed by atoms with Crippen molar-refractivity contribution in [2.24, 2.45) is 0 Å². The van der Waals surface area contributed by atoms with Gasteiger partial charge in [0, 0.05) is 19.6 Å². The van der Waals surface area contributed by atoms with Gasteiger partial charge in [-0.25, -0.2) is 0 Å². The van der Waals surface area contributed by atoms with Gasteiger partial charge in [-0.1, -0.05) is 0 Å². The van der Waals surface area contributed by atoms with Crippen molar-refractivity contribution in [2.75, 3.05) is 31.6 Å². The number of nitrogens with zero attached hydrogens (tertiary/aromatic N) is 3. The number of hydrogen-bond acceptors (Lipinski definition) is 5. The van der Waals surface area contributed by atoms with Crippen LogP contribution in [-0.4, -0.2) is 53.3 Å². The molecule has 1 saturated heterocycles. The average molecular weight is 250 g/mol. The molecule has 1 aromatic rings. The van der Waals surface area contributed by atoms with Crippen LogP contribution in [0.15, 0.2) is 12.1 Å². The maximum atomic E-state index is 12.2. The highest BCUT2D eigenvalue weighted by molar-refractivity contribution is 5.92. The Labute approximate surface area is 106 Å². The lowest BCUT2D eigenvalue weighted by atomic mass is 10.2. The number of aromatic nitrogens is 2. The number of ether oxygens (including phenoxy) is 1. The molecule has 1 atom stereocenters. The Bertz CT molecular complexity index is 407. The Morgan fingerprint density at radius 2 is 2.39 bits per heavy atom. The number of carbonyl (C=O) groups excluding carboxylic acids is 1. The minimum absolute atomic E-state index is 0.0803. The molecule has 0 saturated carbocycles. The van der Waals surface area contributed by atoms with E-state index in [9.17, 15) is 4.79 Å². The summed E-state index contributed by atoms with van der Waals surface area (Å²) in [5.74, 6) is 0.602. The molecule has 2 rings (SSSR count). The van der Waals surface area contributed by atoms with Crippen molar-refractivity contribution in [3.05, 3.63) is 17.8 Å². The summed E-state index contributed by atoms with van der Waals surface area (Å²) in [4.78, 5) is 13.9. The smallest absolute Gasteiger partial charge is 0.274 e. The summed E-state index contributed by atoms with van der Waals surface area (Å²) >= 11 is 0. The predicted molar refractivity (Wildman–Crippen MR) is 67.5 cm³/mol. The molecule has 18 heavy (non-hydrogen) atoms. The predicted octanol–water partition coefficient (Wildman–Crippen LogP) is 0.769. The lowest BCUT2D eigenvalue weighted by Crippen LogP contribution is -2.44. The molecule has 1 unspecified atom stereocenters. The molecule has 6 heteroatoms. The molecule has 1 aliphatic heterocycles. The van der Waals surface area contributed by atoms with E-state index in [0.717, 1.165) is 6.54 Å². The largest absolute Gasteiger partial charge is 0.375 e. The molecule has 0 spiro atoms. The fourth-order valence-corrected chi connectivity index (χ4v) is 1.89. The summed E-state index contributed by atoms with van der Waals surface area (Å²) in [7, 11) is 0. The zero-order chi connectivity index (χ0) is 13.0. The first-order valence-electron chi connectivity index (χ1n) is 6.19. The van der Waals surface area contributed by atoms with E-state index in [4.69, 9.17) is 4.74 Å². The summed E-state index contributed by atoms with van der Waals surface area (Å²) in [6, 6.07) is 3.47. The van der Waals surface area contributed by atoms with Crippen LogP contribution in [0.3, 0.4) is 0 Å². The van der Waals surface area contributed by atoms with Crippen molar-refractivity contribution in [1.82, 2.24) is 15.1 Å². The summed E-state index contributed by atoms with van der Waals surface area (Å²) < 4.78 is 5.41. The van der Waals surface area contributed by atoms with Crippen LogP contribution in [0.4, 0.5) is 5.82 Å². The van der Waals surface area contributed by atoms with Crippen molar-refractivity contribution in [1.29, 1.82) is 0 Å². The first-order valence-corrected chi connectivity index (χ1v) is 6.19. The molecule has 0 aromatic carbocycles. The molecule has 1 N–H and O–H groups in total. The monoisotopic (exact) mass is 250 g/mol. The van der Waals surface area contributed by atoms with Gasteiger partial charge in [-0.15, -0.1) is 10.2 Å². The molecule has 0 bridgehead atoms. The topological polar surface area (TPSA) is 67.4 Å². The first-order chi connectivity index (χ1) is 8.70. The first kappa shape index (κ1) is 12.8.